The Kier molecular flexibility index (Phi) is 3.47. The number of para-hydroxylation sites is 1. The Balaban J connectivity index is 1.99. The Hall–Kier alpha value is -2.50. The summed E-state index contributed by atoms with van der Waals surface area (Å²) in [5.74, 6) is -0.284. The van der Waals surface area contributed by atoms with E-state index >= 15 is 0 Å². The number of ether oxygens (including phenoxy) is 1. The fraction of sp³-hybridized carbons (Fsp3) is 0.167. The smallest absolute Gasteiger partial charge is 0.404 e. The molecule has 6 nitrogen and oxygen atoms in total. The third kappa shape index (κ3) is 2.60. The van der Waals surface area contributed by atoms with E-state index in [1.54, 1.807) is 12.1 Å². The molecule has 6 heteroatoms. The molecule has 0 aliphatic rings. The van der Waals surface area contributed by atoms with E-state index in [4.69, 9.17) is 10.2 Å². The Morgan fingerprint density at radius 1 is 1.33 bits per heavy atom. The number of benzene rings is 1. The van der Waals surface area contributed by atoms with Gasteiger partial charge < -0.3 is 20.2 Å². The number of furan rings is 1. The van der Waals surface area contributed by atoms with E-state index < -0.39 is 6.09 Å². The van der Waals surface area contributed by atoms with Crippen LogP contribution < -0.4 is 11.1 Å². The fourth-order valence-electron chi connectivity index (χ4n) is 1.57. The molecule has 1 aromatic carbocycles. The molecule has 0 atom stereocenters. The molecule has 0 bridgehead atoms. The molecule has 0 aliphatic heterocycles. The standard InChI is InChI=1S/C12H12N2O4/c13-12(16)17-6-5-14-11(15)9-7-18-10-4-2-1-3-8(9)10/h1-4,7H,5-6H2,(H2,13,16)(H,14,15). The van der Waals surface area contributed by atoms with Crippen LogP contribution in [0.25, 0.3) is 11.0 Å². The highest BCUT2D eigenvalue weighted by atomic mass is 16.5. The van der Waals surface area contributed by atoms with Crippen LogP contribution in [0.2, 0.25) is 0 Å². The highest BCUT2D eigenvalue weighted by Crippen LogP contribution is 2.20. The summed E-state index contributed by atoms with van der Waals surface area (Å²) in [5.41, 5.74) is 5.89. The van der Waals surface area contributed by atoms with Crippen LogP contribution in [0.3, 0.4) is 0 Å². The maximum Gasteiger partial charge on any atom is 0.404 e. The second kappa shape index (κ2) is 5.22. The summed E-state index contributed by atoms with van der Waals surface area (Å²) in [6.07, 6.45) is 0.535. The van der Waals surface area contributed by atoms with Crippen LogP contribution in [0.4, 0.5) is 4.79 Å². The summed E-state index contributed by atoms with van der Waals surface area (Å²) in [6, 6.07) is 7.23. The first-order chi connectivity index (χ1) is 8.68. The molecule has 0 saturated heterocycles. The van der Waals surface area contributed by atoms with Gasteiger partial charge in [0.1, 0.15) is 18.5 Å². The summed E-state index contributed by atoms with van der Waals surface area (Å²) in [4.78, 5) is 22.1. The lowest BCUT2D eigenvalue weighted by molar-refractivity contribution is 0.0937. The van der Waals surface area contributed by atoms with Gasteiger partial charge in [0.05, 0.1) is 12.1 Å². The first-order valence-corrected chi connectivity index (χ1v) is 5.35. The van der Waals surface area contributed by atoms with E-state index in [1.165, 1.54) is 6.26 Å². The molecule has 0 radical (unpaired) electrons. The number of rotatable bonds is 4. The van der Waals surface area contributed by atoms with Gasteiger partial charge in [0.25, 0.3) is 5.91 Å². The van der Waals surface area contributed by atoms with Crippen molar-refractivity contribution < 1.29 is 18.7 Å². The minimum absolute atomic E-state index is 0.0385. The van der Waals surface area contributed by atoms with Gasteiger partial charge in [-0.1, -0.05) is 18.2 Å². The average Bonchev–Trinajstić information content (AvgIpc) is 2.78. The lowest BCUT2D eigenvalue weighted by Gasteiger charge is -2.03. The van der Waals surface area contributed by atoms with Crippen LogP contribution in [0.15, 0.2) is 34.9 Å². The molecule has 2 aromatic rings. The highest BCUT2D eigenvalue weighted by molar-refractivity contribution is 6.05. The zero-order valence-corrected chi connectivity index (χ0v) is 9.51. The number of carbonyl (C=O) groups is 2. The van der Waals surface area contributed by atoms with Gasteiger partial charge in [-0.15, -0.1) is 0 Å². The number of amides is 2. The first kappa shape index (κ1) is 12.0. The van der Waals surface area contributed by atoms with Crippen molar-refractivity contribution in [1.29, 1.82) is 0 Å². The van der Waals surface area contributed by atoms with E-state index in [-0.39, 0.29) is 19.1 Å². The Morgan fingerprint density at radius 2 is 2.11 bits per heavy atom. The van der Waals surface area contributed by atoms with Crippen molar-refractivity contribution in [3.05, 3.63) is 36.1 Å². The van der Waals surface area contributed by atoms with E-state index in [1.807, 2.05) is 12.1 Å². The zero-order valence-electron chi connectivity index (χ0n) is 9.51. The van der Waals surface area contributed by atoms with Gasteiger partial charge in [0.15, 0.2) is 0 Å². The lowest BCUT2D eigenvalue weighted by Crippen LogP contribution is -2.28. The van der Waals surface area contributed by atoms with Crippen molar-refractivity contribution in [3.8, 4) is 0 Å². The van der Waals surface area contributed by atoms with Crippen molar-refractivity contribution >= 4 is 23.0 Å². The molecule has 3 N–H and O–H groups in total. The molecule has 94 valence electrons. The van der Waals surface area contributed by atoms with Crippen molar-refractivity contribution in [2.45, 2.75) is 0 Å². The number of primary amides is 1. The number of carbonyl (C=O) groups excluding carboxylic acids is 2. The number of hydrogen-bond acceptors (Lipinski definition) is 4. The van der Waals surface area contributed by atoms with Crippen molar-refractivity contribution in [2.24, 2.45) is 5.73 Å². The van der Waals surface area contributed by atoms with Crippen LogP contribution in [0.5, 0.6) is 0 Å². The minimum atomic E-state index is -0.863. The second-order valence-electron chi connectivity index (χ2n) is 3.57. The average molecular weight is 248 g/mol. The third-order valence-electron chi connectivity index (χ3n) is 2.36. The first-order valence-electron chi connectivity index (χ1n) is 5.35. The van der Waals surface area contributed by atoms with Gasteiger partial charge in [-0.05, 0) is 6.07 Å². The molecule has 0 aliphatic carbocycles. The maximum atomic E-state index is 11.8. The van der Waals surface area contributed by atoms with Crippen LogP contribution in [0.1, 0.15) is 10.4 Å². The number of nitrogens with one attached hydrogen (secondary N) is 1. The Bertz CT molecular complexity index is 576. The van der Waals surface area contributed by atoms with Gasteiger partial charge in [-0.2, -0.15) is 0 Å². The topological polar surface area (TPSA) is 94.6 Å². The molecule has 0 saturated carbocycles. The molecule has 2 amide bonds. The highest BCUT2D eigenvalue weighted by Gasteiger charge is 2.12. The third-order valence-corrected chi connectivity index (χ3v) is 2.36. The van der Waals surface area contributed by atoms with Crippen molar-refractivity contribution in [3.63, 3.8) is 0 Å². The SMILES string of the molecule is NC(=O)OCCNC(=O)c1coc2ccccc12. The lowest BCUT2D eigenvalue weighted by atomic mass is 10.1. The van der Waals surface area contributed by atoms with Crippen LogP contribution >= 0.6 is 0 Å². The van der Waals surface area contributed by atoms with Crippen LogP contribution in [-0.4, -0.2) is 25.2 Å². The monoisotopic (exact) mass is 248 g/mol. The minimum Gasteiger partial charge on any atom is -0.463 e. The van der Waals surface area contributed by atoms with E-state index in [0.717, 1.165) is 5.39 Å². The van der Waals surface area contributed by atoms with E-state index in [9.17, 15) is 9.59 Å². The summed E-state index contributed by atoms with van der Waals surface area (Å²) < 4.78 is 9.75. The largest absolute Gasteiger partial charge is 0.463 e. The molecule has 0 spiro atoms. The van der Waals surface area contributed by atoms with Crippen LogP contribution in [-0.2, 0) is 4.74 Å². The summed E-state index contributed by atoms with van der Waals surface area (Å²) in [5, 5.41) is 3.34. The fourth-order valence-corrected chi connectivity index (χ4v) is 1.57. The maximum absolute atomic E-state index is 11.8. The molecule has 0 fully saturated rings. The predicted molar refractivity (Wildman–Crippen MR) is 64.1 cm³/mol. The molecule has 1 heterocycles. The van der Waals surface area contributed by atoms with E-state index in [2.05, 4.69) is 10.1 Å². The van der Waals surface area contributed by atoms with Gasteiger partial charge in [0, 0.05) is 5.39 Å². The Morgan fingerprint density at radius 3 is 2.89 bits per heavy atom. The van der Waals surface area contributed by atoms with Gasteiger partial charge in [-0.25, -0.2) is 4.79 Å². The number of fused-ring (bicyclic) bond motifs is 1. The summed E-state index contributed by atoms with van der Waals surface area (Å²) in [6.45, 7) is 0.234. The van der Waals surface area contributed by atoms with Crippen molar-refractivity contribution in [2.75, 3.05) is 13.2 Å². The normalized spacial score (nSPS) is 10.2. The van der Waals surface area contributed by atoms with Gasteiger partial charge in [-0.3, -0.25) is 4.79 Å². The molecule has 1 aromatic heterocycles. The van der Waals surface area contributed by atoms with Crippen molar-refractivity contribution in [1.82, 2.24) is 5.32 Å². The number of hydrogen-bond donors (Lipinski definition) is 2. The summed E-state index contributed by atoms with van der Waals surface area (Å²) >= 11 is 0. The predicted octanol–water partition coefficient (Wildman–Crippen LogP) is 1.26. The zero-order chi connectivity index (χ0) is 13.0. The summed E-state index contributed by atoms with van der Waals surface area (Å²) in [7, 11) is 0. The number of nitrogens with two attached hydrogens (primary N) is 1. The molecule has 18 heavy (non-hydrogen) atoms. The second-order valence-corrected chi connectivity index (χ2v) is 3.57. The Labute approximate surface area is 103 Å². The molecular formula is C12H12N2O4. The quantitative estimate of drug-likeness (QED) is 0.796. The van der Waals surface area contributed by atoms with Gasteiger partial charge >= 0.3 is 6.09 Å². The van der Waals surface area contributed by atoms with Crippen LogP contribution in [0, 0.1) is 0 Å². The van der Waals surface area contributed by atoms with E-state index in [0.29, 0.717) is 11.1 Å². The van der Waals surface area contributed by atoms with Gasteiger partial charge in [0.2, 0.25) is 0 Å². The molecule has 0 unspecified atom stereocenters. The molecular weight excluding hydrogens is 236 g/mol. The molecule has 2 rings (SSSR count).